The van der Waals surface area contributed by atoms with E-state index in [0.29, 0.717) is 6.54 Å². The Kier molecular flexibility index (Phi) is 5.82. The van der Waals surface area contributed by atoms with Crippen LogP contribution in [0.25, 0.3) is 0 Å². The second kappa shape index (κ2) is 9.05. The van der Waals surface area contributed by atoms with Gasteiger partial charge in [0.05, 0.1) is 18.5 Å². The average Bonchev–Trinajstić information content (AvgIpc) is 2.85. The summed E-state index contributed by atoms with van der Waals surface area (Å²) in [6, 6.07) is 26.9. The maximum absolute atomic E-state index is 13.7. The molecule has 0 atom stereocenters. The fraction of sp³-hybridized carbons (Fsp3) is 0.296. The summed E-state index contributed by atoms with van der Waals surface area (Å²) in [5.74, 6) is 0.786. The molecule has 2 aliphatic rings. The van der Waals surface area contributed by atoms with E-state index in [2.05, 4.69) is 52.3 Å². The average molecular weight is 428 g/mol. The molecule has 0 saturated carbocycles. The first-order valence-corrected chi connectivity index (χ1v) is 11.3. The summed E-state index contributed by atoms with van der Waals surface area (Å²) < 4.78 is 5.30. The Morgan fingerprint density at radius 2 is 1.56 bits per heavy atom. The summed E-state index contributed by atoms with van der Waals surface area (Å²) in [4.78, 5) is 20.1. The molecule has 0 unspecified atom stereocenters. The van der Waals surface area contributed by atoms with Crippen LogP contribution in [0, 0.1) is 0 Å². The number of nitrogens with zero attached hydrogens (tertiary/aromatic N) is 3. The molecule has 2 amide bonds. The Bertz CT molecular complexity index is 1060. The van der Waals surface area contributed by atoms with Gasteiger partial charge in [0, 0.05) is 32.2 Å². The Labute approximate surface area is 189 Å². The van der Waals surface area contributed by atoms with Crippen LogP contribution in [-0.4, -0.2) is 42.1 Å². The Hall–Kier alpha value is -3.31. The van der Waals surface area contributed by atoms with Crippen molar-refractivity contribution in [3.8, 4) is 5.75 Å². The van der Waals surface area contributed by atoms with Gasteiger partial charge in [-0.3, -0.25) is 9.80 Å². The largest absolute Gasteiger partial charge is 0.497 e. The predicted molar refractivity (Wildman–Crippen MR) is 127 cm³/mol. The molecule has 32 heavy (non-hydrogen) atoms. The van der Waals surface area contributed by atoms with Crippen molar-refractivity contribution in [2.45, 2.75) is 32.0 Å². The number of methoxy groups -OCH3 is 1. The third kappa shape index (κ3) is 4.08. The van der Waals surface area contributed by atoms with Gasteiger partial charge < -0.3 is 9.64 Å². The molecule has 1 saturated heterocycles. The highest BCUT2D eigenvalue weighted by molar-refractivity contribution is 6.02. The maximum Gasteiger partial charge on any atom is 0.329 e. The van der Waals surface area contributed by atoms with Crippen LogP contribution < -0.4 is 9.64 Å². The van der Waals surface area contributed by atoms with Gasteiger partial charge in [-0.2, -0.15) is 0 Å². The van der Waals surface area contributed by atoms with E-state index < -0.39 is 0 Å². The molecule has 0 aromatic heterocycles. The number of para-hydroxylation sites is 1. The van der Waals surface area contributed by atoms with E-state index in [1.54, 1.807) is 7.11 Å². The normalized spacial score (nSPS) is 17.3. The van der Waals surface area contributed by atoms with Crippen LogP contribution in [0.4, 0.5) is 16.2 Å². The van der Waals surface area contributed by atoms with Crippen LogP contribution in [0.5, 0.6) is 5.75 Å². The molecule has 0 spiro atoms. The molecule has 1 fully saturated rings. The van der Waals surface area contributed by atoms with Crippen LogP contribution in [0.3, 0.4) is 0 Å². The molecule has 3 aromatic rings. The van der Waals surface area contributed by atoms with Crippen molar-refractivity contribution in [2.24, 2.45) is 0 Å². The van der Waals surface area contributed by atoms with Crippen molar-refractivity contribution >= 4 is 17.4 Å². The van der Waals surface area contributed by atoms with Gasteiger partial charge in [0.25, 0.3) is 0 Å². The number of amides is 2. The number of benzene rings is 3. The van der Waals surface area contributed by atoms with Crippen LogP contribution in [-0.2, 0) is 13.1 Å². The lowest BCUT2D eigenvalue weighted by molar-refractivity contribution is 0.115. The summed E-state index contributed by atoms with van der Waals surface area (Å²) in [6.07, 6.45) is 1.99. The number of fused-ring (bicyclic) bond motifs is 1. The van der Waals surface area contributed by atoms with Crippen LogP contribution in [0.2, 0.25) is 0 Å². The number of likely N-dealkylation sites (tertiary alicyclic amines) is 1. The Morgan fingerprint density at radius 3 is 2.28 bits per heavy atom. The van der Waals surface area contributed by atoms with Gasteiger partial charge in [0.1, 0.15) is 5.75 Å². The van der Waals surface area contributed by atoms with Crippen molar-refractivity contribution < 1.29 is 9.53 Å². The van der Waals surface area contributed by atoms with Crippen LogP contribution in [0.15, 0.2) is 78.9 Å². The lowest BCUT2D eigenvalue weighted by atomic mass is 9.99. The first-order valence-electron chi connectivity index (χ1n) is 11.3. The zero-order valence-electron chi connectivity index (χ0n) is 18.5. The minimum Gasteiger partial charge on any atom is -0.497 e. The van der Waals surface area contributed by atoms with Crippen molar-refractivity contribution in [1.29, 1.82) is 0 Å². The quantitative estimate of drug-likeness (QED) is 0.544. The van der Waals surface area contributed by atoms with Crippen LogP contribution >= 0.6 is 0 Å². The smallest absolute Gasteiger partial charge is 0.329 e. The molecule has 164 valence electrons. The molecule has 2 heterocycles. The molecule has 2 aliphatic heterocycles. The molecule has 3 aromatic carbocycles. The minimum absolute atomic E-state index is 0.0652. The molecule has 0 N–H and O–H groups in total. The van der Waals surface area contributed by atoms with Gasteiger partial charge in [-0.25, -0.2) is 4.79 Å². The standard InChI is InChI=1S/C27H29N3O2/c1-32-25-13-11-24(12-14-25)30-26-10-6-5-9-22(26)20-29(27(30)31)23-15-17-28(18-16-23)19-21-7-3-2-4-8-21/h2-14,23H,15-20H2,1H3. The van der Waals surface area contributed by atoms with E-state index in [9.17, 15) is 4.79 Å². The Balaban J connectivity index is 1.34. The molecule has 5 heteroatoms. The number of hydrogen-bond donors (Lipinski definition) is 0. The second-order valence-corrected chi connectivity index (χ2v) is 8.57. The van der Waals surface area contributed by atoms with Gasteiger partial charge in [-0.15, -0.1) is 0 Å². The first-order chi connectivity index (χ1) is 15.7. The maximum atomic E-state index is 13.7. The van der Waals surface area contributed by atoms with Gasteiger partial charge in [-0.05, 0) is 54.3 Å². The van der Waals surface area contributed by atoms with Gasteiger partial charge in [-0.1, -0.05) is 48.5 Å². The van der Waals surface area contributed by atoms with E-state index in [4.69, 9.17) is 4.74 Å². The van der Waals surface area contributed by atoms with Crippen molar-refractivity contribution in [1.82, 2.24) is 9.80 Å². The zero-order chi connectivity index (χ0) is 21.9. The highest BCUT2D eigenvalue weighted by Crippen LogP contribution is 2.37. The van der Waals surface area contributed by atoms with E-state index in [0.717, 1.165) is 49.6 Å². The van der Waals surface area contributed by atoms with Gasteiger partial charge >= 0.3 is 6.03 Å². The van der Waals surface area contributed by atoms with Crippen molar-refractivity contribution in [3.05, 3.63) is 90.0 Å². The van der Waals surface area contributed by atoms with E-state index in [-0.39, 0.29) is 12.1 Å². The van der Waals surface area contributed by atoms with Crippen LogP contribution in [0.1, 0.15) is 24.0 Å². The minimum atomic E-state index is 0.0652. The number of urea groups is 1. The van der Waals surface area contributed by atoms with Gasteiger partial charge in [0.15, 0.2) is 0 Å². The van der Waals surface area contributed by atoms with Crippen molar-refractivity contribution in [2.75, 3.05) is 25.1 Å². The number of rotatable bonds is 5. The van der Waals surface area contributed by atoms with E-state index in [1.165, 1.54) is 11.1 Å². The number of hydrogen-bond acceptors (Lipinski definition) is 3. The second-order valence-electron chi connectivity index (χ2n) is 8.57. The lowest BCUT2D eigenvalue weighted by Crippen LogP contribution is -2.52. The number of ether oxygens (including phenoxy) is 1. The Morgan fingerprint density at radius 1 is 0.875 bits per heavy atom. The van der Waals surface area contributed by atoms with E-state index in [1.807, 2.05) is 41.3 Å². The summed E-state index contributed by atoms with van der Waals surface area (Å²) in [6.45, 7) is 3.66. The molecule has 5 nitrogen and oxygen atoms in total. The molecular formula is C27H29N3O2. The summed E-state index contributed by atoms with van der Waals surface area (Å²) in [5.41, 5.74) is 4.38. The number of piperidine rings is 1. The monoisotopic (exact) mass is 427 g/mol. The number of carbonyl (C=O) groups excluding carboxylic acids is 1. The highest BCUT2D eigenvalue weighted by Gasteiger charge is 2.36. The summed E-state index contributed by atoms with van der Waals surface area (Å²) in [7, 11) is 1.66. The fourth-order valence-electron chi connectivity index (χ4n) is 4.84. The zero-order valence-corrected chi connectivity index (χ0v) is 18.5. The number of carbonyl (C=O) groups is 1. The van der Waals surface area contributed by atoms with Gasteiger partial charge in [0.2, 0.25) is 0 Å². The predicted octanol–water partition coefficient (Wildman–Crippen LogP) is 5.43. The molecule has 0 radical (unpaired) electrons. The lowest BCUT2D eigenvalue weighted by Gasteiger charge is -2.44. The van der Waals surface area contributed by atoms with Crippen molar-refractivity contribution in [3.63, 3.8) is 0 Å². The third-order valence-electron chi connectivity index (χ3n) is 6.59. The third-order valence-corrected chi connectivity index (χ3v) is 6.59. The van der Waals surface area contributed by atoms with E-state index >= 15 is 0 Å². The molecule has 5 rings (SSSR count). The first kappa shape index (κ1) is 20.6. The topological polar surface area (TPSA) is 36.0 Å². The summed E-state index contributed by atoms with van der Waals surface area (Å²) in [5, 5.41) is 0. The highest BCUT2D eigenvalue weighted by atomic mass is 16.5. The molecule has 0 bridgehead atoms. The number of anilines is 2. The molecule has 0 aliphatic carbocycles. The SMILES string of the molecule is COc1ccc(N2C(=O)N(C3CCN(Cc4ccccc4)CC3)Cc3ccccc32)cc1. The fourth-order valence-corrected chi connectivity index (χ4v) is 4.84. The molecular weight excluding hydrogens is 398 g/mol. The summed E-state index contributed by atoms with van der Waals surface area (Å²) >= 11 is 0.